The van der Waals surface area contributed by atoms with Crippen LogP contribution in [0.5, 0.6) is 0 Å². The van der Waals surface area contributed by atoms with Crippen LogP contribution in [0.1, 0.15) is 44.2 Å². The Hall–Kier alpha value is -1.85. The van der Waals surface area contributed by atoms with Gasteiger partial charge in [0, 0.05) is 31.3 Å². The zero-order valence-corrected chi connectivity index (χ0v) is 11.5. The molecular weight excluding hydrogens is 258 g/mol. The normalized spacial score (nSPS) is 17.6. The van der Waals surface area contributed by atoms with Gasteiger partial charge in [-0.25, -0.2) is 4.98 Å². The van der Waals surface area contributed by atoms with E-state index in [9.17, 15) is 14.7 Å². The van der Waals surface area contributed by atoms with Crippen molar-refractivity contribution in [1.29, 1.82) is 0 Å². The van der Waals surface area contributed by atoms with Gasteiger partial charge in [-0.3, -0.25) is 9.59 Å². The quantitative estimate of drug-likeness (QED) is 0.735. The molecule has 0 spiro atoms. The molecule has 1 aliphatic carbocycles. The highest BCUT2D eigenvalue weighted by Crippen LogP contribution is 2.39. The molecule has 1 heterocycles. The van der Waals surface area contributed by atoms with Gasteiger partial charge in [-0.2, -0.15) is 0 Å². The zero-order valence-electron chi connectivity index (χ0n) is 11.5. The molecule has 2 rings (SSSR count). The summed E-state index contributed by atoms with van der Waals surface area (Å²) in [7, 11) is 0. The summed E-state index contributed by atoms with van der Waals surface area (Å²) in [6.07, 6.45) is 8.15. The van der Waals surface area contributed by atoms with E-state index in [2.05, 4.69) is 15.3 Å². The van der Waals surface area contributed by atoms with Crippen LogP contribution in [0.2, 0.25) is 0 Å². The Balaban J connectivity index is 1.81. The van der Waals surface area contributed by atoms with E-state index >= 15 is 0 Å². The summed E-state index contributed by atoms with van der Waals surface area (Å²) >= 11 is 0. The standard InChI is InChI=1S/C14H21N3O3/c18-12(16-7-4-11-9-15-10-17-11)8-14(13(19)20)5-2-1-3-6-14/h9-10H,1-8H2,(H,15,17)(H,16,18)(H,19,20). The van der Waals surface area contributed by atoms with E-state index in [-0.39, 0.29) is 12.3 Å². The Morgan fingerprint density at radius 1 is 1.35 bits per heavy atom. The van der Waals surface area contributed by atoms with Gasteiger partial charge in [0.2, 0.25) is 5.91 Å². The lowest BCUT2D eigenvalue weighted by atomic mass is 9.71. The number of H-pyrrole nitrogens is 1. The van der Waals surface area contributed by atoms with Crippen LogP contribution >= 0.6 is 0 Å². The van der Waals surface area contributed by atoms with Crippen molar-refractivity contribution in [3.05, 3.63) is 18.2 Å². The molecule has 0 atom stereocenters. The van der Waals surface area contributed by atoms with Gasteiger partial charge < -0.3 is 15.4 Å². The van der Waals surface area contributed by atoms with Crippen LogP contribution in [0.25, 0.3) is 0 Å². The van der Waals surface area contributed by atoms with E-state index in [0.29, 0.717) is 25.8 Å². The topological polar surface area (TPSA) is 95.1 Å². The second-order valence-electron chi connectivity index (χ2n) is 5.50. The lowest BCUT2D eigenvalue weighted by Gasteiger charge is -2.32. The Morgan fingerprint density at radius 3 is 2.70 bits per heavy atom. The van der Waals surface area contributed by atoms with E-state index in [4.69, 9.17) is 0 Å². The molecule has 0 aliphatic heterocycles. The maximum absolute atomic E-state index is 11.9. The Bertz CT molecular complexity index is 450. The average Bonchev–Trinajstić information content (AvgIpc) is 2.93. The van der Waals surface area contributed by atoms with Crippen molar-refractivity contribution >= 4 is 11.9 Å². The van der Waals surface area contributed by atoms with Crippen molar-refractivity contribution in [2.24, 2.45) is 5.41 Å². The Morgan fingerprint density at radius 2 is 2.10 bits per heavy atom. The molecule has 20 heavy (non-hydrogen) atoms. The highest BCUT2D eigenvalue weighted by atomic mass is 16.4. The van der Waals surface area contributed by atoms with Crippen molar-refractivity contribution in [1.82, 2.24) is 15.3 Å². The van der Waals surface area contributed by atoms with Crippen LogP contribution < -0.4 is 5.32 Å². The number of aliphatic carboxylic acids is 1. The van der Waals surface area contributed by atoms with Crippen molar-refractivity contribution in [3.63, 3.8) is 0 Å². The summed E-state index contributed by atoms with van der Waals surface area (Å²) in [6.45, 7) is 0.497. The van der Waals surface area contributed by atoms with Crippen LogP contribution in [0.3, 0.4) is 0 Å². The van der Waals surface area contributed by atoms with Crippen LogP contribution in [0.15, 0.2) is 12.5 Å². The summed E-state index contributed by atoms with van der Waals surface area (Å²) in [5.74, 6) is -1.00. The number of rotatable bonds is 6. The number of imidazole rings is 1. The predicted octanol–water partition coefficient (Wildman–Crippen LogP) is 1.49. The van der Waals surface area contributed by atoms with Crippen LogP contribution in [0, 0.1) is 5.41 Å². The average molecular weight is 279 g/mol. The molecule has 1 amide bonds. The molecule has 0 radical (unpaired) electrons. The zero-order chi connectivity index (χ0) is 14.4. The van der Waals surface area contributed by atoms with Gasteiger partial charge in [0.05, 0.1) is 11.7 Å². The second-order valence-corrected chi connectivity index (χ2v) is 5.50. The highest BCUT2D eigenvalue weighted by molar-refractivity contribution is 5.85. The summed E-state index contributed by atoms with van der Waals surface area (Å²) < 4.78 is 0. The molecule has 3 N–H and O–H groups in total. The third-order valence-corrected chi connectivity index (χ3v) is 4.03. The van der Waals surface area contributed by atoms with E-state index in [1.165, 1.54) is 0 Å². The van der Waals surface area contributed by atoms with Gasteiger partial charge in [-0.15, -0.1) is 0 Å². The summed E-state index contributed by atoms with van der Waals surface area (Å²) in [6, 6.07) is 0. The molecule has 0 aromatic carbocycles. The second kappa shape index (κ2) is 6.54. The van der Waals surface area contributed by atoms with Crippen molar-refractivity contribution in [3.8, 4) is 0 Å². The minimum atomic E-state index is -0.851. The van der Waals surface area contributed by atoms with E-state index < -0.39 is 11.4 Å². The number of nitrogens with one attached hydrogen (secondary N) is 2. The lowest BCUT2D eigenvalue weighted by molar-refractivity contribution is -0.154. The maximum atomic E-state index is 11.9. The first-order chi connectivity index (χ1) is 9.62. The molecule has 1 saturated carbocycles. The molecule has 0 bridgehead atoms. The summed E-state index contributed by atoms with van der Waals surface area (Å²) in [5, 5.41) is 12.2. The van der Waals surface area contributed by atoms with Gasteiger partial charge in [0.1, 0.15) is 0 Å². The summed E-state index contributed by atoms with van der Waals surface area (Å²) in [5.41, 5.74) is 0.104. The van der Waals surface area contributed by atoms with Crippen LogP contribution in [-0.4, -0.2) is 33.5 Å². The number of aromatic nitrogens is 2. The number of hydrogen-bond acceptors (Lipinski definition) is 3. The Labute approximate surface area is 118 Å². The summed E-state index contributed by atoms with van der Waals surface area (Å²) in [4.78, 5) is 30.3. The number of carboxylic acid groups (broad SMARTS) is 1. The van der Waals surface area contributed by atoms with E-state index in [1.54, 1.807) is 12.5 Å². The molecule has 1 fully saturated rings. The molecular formula is C14H21N3O3. The number of carbonyl (C=O) groups is 2. The number of carboxylic acids is 1. The molecule has 1 aromatic heterocycles. The first-order valence-electron chi connectivity index (χ1n) is 7.10. The number of carbonyl (C=O) groups excluding carboxylic acids is 1. The third kappa shape index (κ3) is 3.59. The fourth-order valence-electron chi connectivity index (χ4n) is 2.82. The van der Waals surface area contributed by atoms with Gasteiger partial charge in [0.25, 0.3) is 0 Å². The maximum Gasteiger partial charge on any atom is 0.310 e. The largest absolute Gasteiger partial charge is 0.481 e. The fourth-order valence-corrected chi connectivity index (χ4v) is 2.82. The van der Waals surface area contributed by atoms with Gasteiger partial charge in [0.15, 0.2) is 0 Å². The molecule has 0 saturated heterocycles. The number of aromatic amines is 1. The predicted molar refractivity (Wildman–Crippen MR) is 73.1 cm³/mol. The molecule has 1 aliphatic rings. The van der Waals surface area contributed by atoms with Crippen molar-refractivity contribution in [2.45, 2.75) is 44.9 Å². The first-order valence-corrected chi connectivity index (χ1v) is 7.10. The number of hydrogen-bond donors (Lipinski definition) is 3. The minimum Gasteiger partial charge on any atom is -0.481 e. The Kier molecular flexibility index (Phi) is 4.76. The monoisotopic (exact) mass is 279 g/mol. The number of amides is 1. The van der Waals surface area contributed by atoms with Gasteiger partial charge >= 0.3 is 5.97 Å². The van der Waals surface area contributed by atoms with Crippen LogP contribution in [-0.2, 0) is 16.0 Å². The van der Waals surface area contributed by atoms with E-state index in [1.807, 2.05) is 0 Å². The number of nitrogens with zero attached hydrogens (tertiary/aromatic N) is 1. The van der Waals surface area contributed by atoms with Crippen molar-refractivity contribution < 1.29 is 14.7 Å². The molecule has 6 heteroatoms. The molecule has 6 nitrogen and oxygen atoms in total. The molecule has 1 aromatic rings. The first kappa shape index (κ1) is 14.6. The molecule has 0 unspecified atom stereocenters. The fraction of sp³-hybridized carbons (Fsp3) is 0.643. The van der Waals surface area contributed by atoms with Gasteiger partial charge in [-0.1, -0.05) is 19.3 Å². The minimum absolute atomic E-state index is 0.0886. The van der Waals surface area contributed by atoms with Crippen molar-refractivity contribution in [2.75, 3.05) is 6.54 Å². The highest BCUT2D eigenvalue weighted by Gasteiger charge is 2.41. The SMILES string of the molecule is O=C(CC1(C(=O)O)CCCCC1)NCCc1cnc[nH]1. The third-order valence-electron chi connectivity index (χ3n) is 4.03. The van der Waals surface area contributed by atoms with Gasteiger partial charge in [-0.05, 0) is 12.8 Å². The molecule has 110 valence electrons. The van der Waals surface area contributed by atoms with E-state index in [0.717, 1.165) is 25.0 Å². The lowest BCUT2D eigenvalue weighted by Crippen LogP contribution is -2.39. The van der Waals surface area contributed by atoms with Crippen LogP contribution in [0.4, 0.5) is 0 Å². The smallest absolute Gasteiger partial charge is 0.310 e.